The van der Waals surface area contributed by atoms with Crippen LogP contribution in [-0.4, -0.2) is 35.4 Å². The molecule has 1 atom stereocenters. The number of aliphatic hydroxyl groups excluding tert-OH is 1. The normalized spacial score (nSPS) is 21.2. The fourth-order valence-corrected chi connectivity index (χ4v) is 2.83. The molecule has 128 valence electrons. The lowest BCUT2D eigenvalue weighted by Gasteiger charge is -2.18. The van der Waals surface area contributed by atoms with Gasteiger partial charge in [-0.25, -0.2) is 13.2 Å². The van der Waals surface area contributed by atoms with E-state index >= 15 is 0 Å². The number of ether oxygens (including phenoxy) is 1. The number of nitrogens with zero attached hydrogens (tertiary/aromatic N) is 1. The third-order valence-corrected chi connectivity index (χ3v) is 4.07. The summed E-state index contributed by atoms with van der Waals surface area (Å²) in [6, 6.07) is 10.0. The van der Waals surface area contributed by atoms with Crippen LogP contribution >= 0.6 is 0 Å². The Labute approximate surface area is 138 Å². The number of alkyl halides is 1. The van der Waals surface area contributed by atoms with Gasteiger partial charge in [-0.05, 0) is 24.1 Å². The highest BCUT2D eigenvalue weighted by molar-refractivity contribution is 5.33. The predicted molar refractivity (Wildman–Crippen MR) is 83.7 cm³/mol. The van der Waals surface area contributed by atoms with Gasteiger partial charge >= 0.3 is 0 Å². The number of hydrogen-bond acceptors (Lipinski definition) is 3. The molecule has 1 aliphatic heterocycles. The van der Waals surface area contributed by atoms with Crippen molar-refractivity contribution in [2.75, 3.05) is 19.7 Å². The van der Waals surface area contributed by atoms with Crippen LogP contribution in [0.5, 0.6) is 11.5 Å². The summed E-state index contributed by atoms with van der Waals surface area (Å²) >= 11 is 0. The zero-order chi connectivity index (χ0) is 17.2. The third kappa shape index (κ3) is 4.07. The van der Waals surface area contributed by atoms with E-state index in [2.05, 4.69) is 0 Å². The average Bonchev–Trinajstić information content (AvgIpc) is 2.90. The highest BCUT2D eigenvalue weighted by atomic mass is 19.1. The highest BCUT2D eigenvalue weighted by Crippen LogP contribution is 2.27. The van der Waals surface area contributed by atoms with Crippen LogP contribution in [0.1, 0.15) is 12.0 Å². The molecule has 2 aromatic carbocycles. The summed E-state index contributed by atoms with van der Waals surface area (Å²) in [5.74, 6) is -0.853. The van der Waals surface area contributed by atoms with E-state index in [1.807, 2.05) is 17.0 Å². The van der Waals surface area contributed by atoms with Crippen LogP contribution in [0.3, 0.4) is 0 Å². The van der Waals surface area contributed by atoms with Crippen molar-refractivity contribution in [1.29, 1.82) is 0 Å². The first-order chi connectivity index (χ1) is 11.5. The molecule has 1 aliphatic rings. The maximum absolute atomic E-state index is 14.0. The smallest absolute Gasteiger partial charge is 0.147 e. The maximum Gasteiger partial charge on any atom is 0.147 e. The van der Waals surface area contributed by atoms with E-state index in [1.54, 1.807) is 12.1 Å². The number of aliphatic hydroxyl groups is 1. The SMILES string of the molecule is OCC1(F)CCN(Cc2ccc(Oc3cc(F)cc(F)c3)cc2)C1. The largest absolute Gasteiger partial charge is 0.457 e. The van der Waals surface area contributed by atoms with Gasteiger partial charge in [0, 0.05) is 37.8 Å². The Bertz CT molecular complexity index is 688. The van der Waals surface area contributed by atoms with Crippen molar-refractivity contribution in [3.63, 3.8) is 0 Å². The van der Waals surface area contributed by atoms with Gasteiger partial charge in [0.1, 0.15) is 28.8 Å². The van der Waals surface area contributed by atoms with Crippen LogP contribution < -0.4 is 4.74 Å². The topological polar surface area (TPSA) is 32.7 Å². The lowest BCUT2D eigenvalue weighted by atomic mass is 10.1. The molecular formula is C18H18F3NO2. The first kappa shape index (κ1) is 16.8. The van der Waals surface area contributed by atoms with Crippen molar-refractivity contribution in [3.05, 3.63) is 59.7 Å². The first-order valence-electron chi connectivity index (χ1n) is 7.71. The summed E-state index contributed by atoms with van der Waals surface area (Å²) in [5, 5.41) is 9.05. The van der Waals surface area contributed by atoms with Crippen molar-refractivity contribution in [2.24, 2.45) is 0 Å². The van der Waals surface area contributed by atoms with Gasteiger partial charge in [-0.15, -0.1) is 0 Å². The molecule has 0 bridgehead atoms. The second-order valence-electron chi connectivity index (χ2n) is 6.12. The Morgan fingerprint density at radius 1 is 1.04 bits per heavy atom. The molecule has 0 aliphatic carbocycles. The number of rotatable bonds is 5. The molecule has 0 amide bonds. The number of likely N-dealkylation sites (tertiary alicyclic amines) is 1. The number of hydrogen-bond donors (Lipinski definition) is 1. The van der Waals surface area contributed by atoms with Gasteiger partial charge in [-0.2, -0.15) is 0 Å². The van der Waals surface area contributed by atoms with Crippen LogP contribution in [-0.2, 0) is 6.54 Å². The molecule has 1 N–H and O–H groups in total. The average molecular weight is 337 g/mol. The van der Waals surface area contributed by atoms with E-state index < -0.39 is 23.9 Å². The predicted octanol–water partition coefficient (Wildman–Crippen LogP) is 3.66. The Morgan fingerprint density at radius 2 is 1.71 bits per heavy atom. The second kappa shape index (κ2) is 6.83. The molecule has 3 nitrogen and oxygen atoms in total. The molecule has 1 heterocycles. The quantitative estimate of drug-likeness (QED) is 0.904. The molecule has 3 rings (SSSR count). The fraction of sp³-hybridized carbons (Fsp3) is 0.333. The summed E-state index contributed by atoms with van der Waals surface area (Å²) in [6.07, 6.45) is 0.329. The van der Waals surface area contributed by atoms with Crippen LogP contribution in [0.15, 0.2) is 42.5 Å². The van der Waals surface area contributed by atoms with Gasteiger partial charge < -0.3 is 9.84 Å². The molecule has 0 saturated carbocycles. The fourth-order valence-electron chi connectivity index (χ4n) is 2.83. The molecule has 1 saturated heterocycles. The minimum Gasteiger partial charge on any atom is -0.457 e. The van der Waals surface area contributed by atoms with Crippen LogP contribution in [0.4, 0.5) is 13.2 Å². The van der Waals surface area contributed by atoms with E-state index in [-0.39, 0.29) is 12.3 Å². The Morgan fingerprint density at radius 3 is 2.29 bits per heavy atom. The molecule has 0 aromatic heterocycles. The van der Waals surface area contributed by atoms with E-state index in [0.29, 0.717) is 25.3 Å². The van der Waals surface area contributed by atoms with Gasteiger partial charge in [-0.3, -0.25) is 4.90 Å². The molecule has 0 radical (unpaired) electrons. The minimum absolute atomic E-state index is 0.0879. The lowest BCUT2D eigenvalue weighted by Crippen LogP contribution is -2.32. The Kier molecular flexibility index (Phi) is 4.78. The third-order valence-electron chi connectivity index (χ3n) is 4.07. The monoisotopic (exact) mass is 337 g/mol. The van der Waals surface area contributed by atoms with Crippen LogP contribution in [0.25, 0.3) is 0 Å². The van der Waals surface area contributed by atoms with E-state index in [0.717, 1.165) is 23.8 Å². The van der Waals surface area contributed by atoms with E-state index in [9.17, 15) is 13.2 Å². The summed E-state index contributed by atoms with van der Waals surface area (Å²) in [6.45, 7) is 0.920. The van der Waals surface area contributed by atoms with Gasteiger partial charge in [0.2, 0.25) is 0 Å². The molecular weight excluding hydrogens is 319 g/mol. The summed E-state index contributed by atoms with van der Waals surface area (Å²) < 4.78 is 45.7. The van der Waals surface area contributed by atoms with Crippen LogP contribution in [0, 0.1) is 11.6 Å². The van der Waals surface area contributed by atoms with Crippen molar-refractivity contribution >= 4 is 0 Å². The van der Waals surface area contributed by atoms with E-state index in [1.165, 1.54) is 0 Å². The summed E-state index contributed by atoms with van der Waals surface area (Å²) in [7, 11) is 0. The van der Waals surface area contributed by atoms with Crippen molar-refractivity contribution in [3.8, 4) is 11.5 Å². The van der Waals surface area contributed by atoms with E-state index in [4.69, 9.17) is 9.84 Å². The van der Waals surface area contributed by atoms with Crippen molar-refractivity contribution in [2.45, 2.75) is 18.6 Å². The van der Waals surface area contributed by atoms with Crippen LogP contribution in [0.2, 0.25) is 0 Å². The molecule has 1 fully saturated rings. The first-order valence-corrected chi connectivity index (χ1v) is 7.71. The van der Waals surface area contributed by atoms with Gasteiger partial charge in [0.25, 0.3) is 0 Å². The zero-order valence-electron chi connectivity index (χ0n) is 13.0. The summed E-state index contributed by atoms with van der Waals surface area (Å²) in [5.41, 5.74) is -0.542. The molecule has 2 aromatic rings. The standard InChI is InChI=1S/C18H18F3NO2/c19-14-7-15(20)9-17(8-14)24-16-3-1-13(2-4-16)10-22-6-5-18(21,11-22)12-23/h1-4,7-9,23H,5-6,10-12H2. The molecule has 1 unspecified atom stereocenters. The highest BCUT2D eigenvalue weighted by Gasteiger charge is 2.37. The molecule has 24 heavy (non-hydrogen) atoms. The van der Waals surface area contributed by atoms with Gasteiger partial charge in [0.15, 0.2) is 0 Å². The number of benzene rings is 2. The Hall–Kier alpha value is -2.05. The number of halogens is 3. The zero-order valence-corrected chi connectivity index (χ0v) is 13.0. The van der Waals surface area contributed by atoms with Crippen molar-refractivity contribution in [1.82, 2.24) is 4.90 Å². The lowest BCUT2D eigenvalue weighted by molar-refractivity contribution is 0.0769. The van der Waals surface area contributed by atoms with Gasteiger partial charge in [-0.1, -0.05) is 12.1 Å². The Balaban J connectivity index is 1.61. The molecule has 6 heteroatoms. The van der Waals surface area contributed by atoms with Crippen molar-refractivity contribution < 1.29 is 23.0 Å². The second-order valence-corrected chi connectivity index (χ2v) is 6.12. The summed E-state index contributed by atoms with van der Waals surface area (Å²) in [4.78, 5) is 1.94. The maximum atomic E-state index is 14.0. The van der Waals surface area contributed by atoms with Gasteiger partial charge in [0.05, 0.1) is 6.61 Å². The minimum atomic E-state index is -1.51. The molecule has 0 spiro atoms.